The van der Waals surface area contributed by atoms with Crippen LogP contribution in [0.2, 0.25) is 0 Å². The van der Waals surface area contributed by atoms with Crippen molar-refractivity contribution >= 4 is 23.1 Å². The van der Waals surface area contributed by atoms with Crippen LogP contribution in [0.5, 0.6) is 0 Å². The molecular formula is C9H14N4OS. The first kappa shape index (κ1) is 11.6. The molecule has 0 aliphatic rings. The van der Waals surface area contributed by atoms with Gasteiger partial charge in [0.2, 0.25) is 0 Å². The van der Waals surface area contributed by atoms with Gasteiger partial charge in [-0.1, -0.05) is 12.2 Å². The summed E-state index contributed by atoms with van der Waals surface area (Å²) in [6, 6.07) is 1.73. The standard InChI is InChI=1S/C9H14N4OS/c1-6-4-7(13(3)11-6)9(14)12(2)5-8(10)15/h4H,5H2,1-3H3,(H2,10,15). The molecule has 0 saturated heterocycles. The third-order valence-electron chi connectivity index (χ3n) is 1.96. The SMILES string of the molecule is Cc1cc(C(=O)N(C)CC(N)=S)n(C)n1. The van der Waals surface area contributed by atoms with Crippen molar-refractivity contribution in [2.24, 2.45) is 12.8 Å². The maximum atomic E-state index is 11.9. The maximum Gasteiger partial charge on any atom is 0.272 e. The second-order valence-electron chi connectivity index (χ2n) is 3.42. The number of hydrogen-bond donors (Lipinski definition) is 1. The van der Waals surface area contributed by atoms with Crippen LogP contribution in [0, 0.1) is 6.92 Å². The summed E-state index contributed by atoms with van der Waals surface area (Å²) in [7, 11) is 3.39. The number of nitrogens with two attached hydrogens (primary N) is 1. The second-order valence-corrected chi connectivity index (χ2v) is 3.95. The Hall–Kier alpha value is -1.43. The van der Waals surface area contributed by atoms with Crippen molar-refractivity contribution in [3.63, 3.8) is 0 Å². The third kappa shape index (κ3) is 2.76. The Balaban J connectivity index is 2.84. The number of amides is 1. The van der Waals surface area contributed by atoms with Crippen LogP contribution in [-0.4, -0.2) is 39.2 Å². The largest absolute Gasteiger partial charge is 0.392 e. The molecule has 15 heavy (non-hydrogen) atoms. The van der Waals surface area contributed by atoms with E-state index in [4.69, 9.17) is 18.0 Å². The van der Waals surface area contributed by atoms with E-state index < -0.39 is 0 Å². The molecule has 1 rings (SSSR count). The highest BCUT2D eigenvalue weighted by molar-refractivity contribution is 7.80. The van der Waals surface area contributed by atoms with Gasteiger partial charge in [0.25, 0.3) is 5.91 Å². The lowest BCUT2D eigenvalue weighted by molar-refractivity contribution is 0.0804. The number of thiocarbonyl (C=S) groups is 1. The number of carbonyl (C=O) groups excluding carboxylic acids is 1. The number of carbonyl (C=O) groups is 1. The van der Waals surface area contributed by atoms with Gasteiger partial charge >= 0.3 is 0 Å². The molecule has 1 aromatic heterocycles. The van der Waals surface area contributed by atoms with Gasteiger partial charge < -0.3 is 10.6 Å². The fraction of sp³-hybridized carbons (Fsp3) is 0.444. The number of rotatable bonds is 3. The first-order valence-corrected chi connectivity index (χ1v) is 4.87. The molecule has 1 heterocycles. The van der Waals surface area contributed by atoms with Gasteiger partial charge in [-0.2, -0.15) is 5.10 Å². The van der Waals surface area contributed by atoms with Crippen LogP contribution in [0.25, 0.3) is 0 Å². The predicted octanol–water partition coefficient (Wildman–Crippen LogP) is 0.0866. The summed E-state index contributed by atoms with van der Waals surface area (Å²) in [6.07, 6.45) is 0. The molecule has 82 valence electrons. The summed E-state index contributed by atoms with van der Waals surface area (Å²) in [5, 5.41) is 4.10. The van der Waals surface area contributed by atoms with Crippen molar-refractivity contribution in [3.05, 3.63) is 17.5 Å². The Kier molecular flexibility index (Phi) is 3.41. The van der Waals surface area contributed by atoms with E-state index in [1.807, 2.05) is 6.92 Å². The summed E-state index contributed by atoms with van der Waals surface area (Å²) in [5.41, 5.74) is 6.71. The summed E-state index contributed by atoms with van der Waals surface area (Å²) in [5.74, 6) is -0.133. The number of nitrogens with zero attached hydrogens (tertiary/aromatic N) is 3. The number of likely N-dealkylation sites (N-methyl/N-ethyl adjacent to an activating group) is 1. The minimum absolute atomic E-state index is 0.133. The van der Waals surface area contributed by atoms with Crippen LogP contribution in [0.3, 0.4) is 0 Å². The molecular weight excluding hydrogens is 212 g/mol. The van der Waals surface area contributed by atoms with E-state index in [0.717, 1.165) is 5.69 Å². The molecule has 0 aliphatic heterocycles. The second kappa shape index (κ2) is 4.39. The molecule has 0 unspecified atom stereocenters. The fourth-order valence-corrected chi connectivity index (χ4v) is 1.51. The van der Waals surface area contributed by atoms with Crippen LogP contribution < -0.4 is 5.73 Å². The smallest absolute Gasteiger partial charge is 0.272 e. The van der Waals surface area contributed by atoms with E-state index in [1.54, 1.807) is 24.8 Å². The molecule has 0 spiro atoms. The van der Waals surface area contributed by atoms with Crippen molar-refractivity contribution in [3.8, 4) is 0 Å². The van der Waals surface area contributed by atoms with Crippen molar-refractivity contribution < 1.29 is 4.79 Å². The number of hydrogen-bond acceptors (Lipinski definition) is 3. The zero-order chi connectivity index (χ0) is 11.6. The zero-order valence-electron chi connectivity index (χ0n) is 9.02. The molecule has 0 aliphatic carbocycles. The quantitative estimate of drug-likeness (QED) is 0.742. The van der Waals surface area contributed by atoms with E-state index in [9.17, 15) is 4.79 Å². The molecule has 0 saturated carbocycles. The molecule has 6 heteroatoms. The first-order chi connectivity index (χ1) is 6.91. The maximum absolute atomic E-state index is 11.9. The Morgan fingerprint density at radius 1 is 1.73 bits per heavy atom. The zero-order valence-corrected chi connectivity index (χ0v) is 9.84. The van der Waals surface area contributed by atoms with Gasteiger partial charge in [0, 0.05) is 14.1 Å². The summed E-state index contributed by atoms with van der Waals surface area (Å²) >= 11 is 4.74. The molecule has 1 amide bonds. The van der Waals surface area contributed by atoms with Crippen molar-refractivity contribution in [2.75, 3.05) is 13.6 Å². The third-order valence-corrected chi connectivity index (χ3v) is 2.09. The topological polar surface area (TPSA) is 64.2 Å². The van der Waals surface area contributed by atoms with Gasteiger partial charge in [-0.15, -0.1) is 0 Å². The lowest BCUT2D eigenvalue weighted by atomic mass is 10.3. The van der Waals surface area contributed by atoms with Gasteiger partial charge in [0.1, 0.15) is 5.69 Å². The van der Waals surface area contributed by atoms with E-state index in [-0.39, 0.29) is 12.5 Å². The Bertz CT molecular complexity index is 399. The Morgan fingerprint density at radius 2 is 2.33 bits per heavy atom. The van der Waals surface area contributed by atoms with Crippen LogP contribution in [-0.2, 0) is 7.05 Å². The molecule has 1 aromatic rings. The van der Waals surface area contributed by atoms with E-state index in [2.05, 4.69) is 5.10 Å². The highest BCUT2D eigenvalue weighted by Gasteiger charge is 2.16. The Morgan fingerprint density at radius 3 is 2.73 bits per heavy atom. The highest BCUT2D eigenvalue weighted by atomic mass is 32.1. The van der Waals surface area contributed by atoms with E-state index in [0.29, 0.717) is 10.7 Å². The monoisotopic (exact) mass is 226 g/mol. The summed E-state index contributed by atoms with van der Waals surface area (Å²) < 4.78 is 1.55. The average molecular weight is 226 g/mol. The van der Waals surface area contributed by atoms with Gasteiger partial charge in [-0.05, 0) is 13.0 Å². The van der Waals surface area contributed by atoms with Gasteiger partial charge in [0.15, 0.2) is 0 Å². The van der Waals surface area contributed by atoms with Crippen molar-refractivity contribution in [1.29, 1.82) is 0 Å². The molecule has 2 N–H and O–H groups in total. The number of aryl methyl sites for hydroxylation is 2. The van der Waals surface area contributed by atoms with Crippen LogP contribution in [0.15, 0.2) is 6.07 Å². The molecule has 0 fully saturated rings. The van der Waals surface area contributed by atoms with E-state index >= 15 is 0 Å². The molecule has 0 atom stereocenters. The Labute approximate surface area is 93.8 Å². The first-order valence-electron chi connectivity index (χ1n) is 4.46. The number of aromatic nitrogens is 2. The predicted molar refractivity (Wildman–Crippen MR) is 61.7 cm³/mol. The van der Waals surface area contributed by atoms with E-state index in [1.165, 1.54) is 4.90 Å². The molecule has 0 bridgehead atoms. The fourth-order valence-electron chi connectivity index (χ4n) is 1.31. The minimum Gasteiger partial charge on any atom is -0.392 e. The summed E-state index contributed by atoms with van der Waals surface area (Å²) in [4.78, 5) is 13.6. The minimum atomic E-state index is -0.133. The van der Waals surface area contributed by atoms with Gasteiger partial charge in [-0.3, -0.25) is 9.48 Å². The van der Waals surface area contributed by atoms with Gasteiger partial charge in [0.05, 0.1) is 17.2 Å². The normalized spacial score (nSPS) is 10.1. The molecule has 0 aromatic carbocycles. The lowest BCUT2D eigenvalue weighted by Crippen LogP contribution is -2.35. The highest BCUT2D eigenvalue weighted by Crippen LogP contribution is 2.04. The molecule has 5 nitrogen and oxygen atoms in total. The van der Waals surface area contributed by atoms with Crippen molar-refractivity contribution in [1.82, 2.24) is 14.7 Å². The van der Waals surface area contributed by atoms with Gasteiger partial charge in [-0.25, -0.2) is 0 Å². The summed E-state index contributed by atoms with van der Waals surface area (Å²) in [6.45, 7) is 2.11. The lowest BCUT2D eigenvalue weighted by Gasteiger charge is -2.15. The van der Waals surface area contributed by atoms with Crippen molar-refractivity contribution in [2.45, 2.75) is 6.92 Å². The van der Waals surface area contributed by atoms with Crippen LogP contribution in [0.1, 0.15) is 16.2 Å². The average Bonchev–Trinajstić information content (AvgIpc) is 2.42. The van der Waals surface area contributed by atoms with Crippen LogP contribution >= 0.6 is 12.2 Å². The van der Waals surface area contributed by atoms with Crippen LogP contribution in [0.4, 0.5) is 0 Å². The molecule has 0 radical (unpaired) electrons.